The molecule has 0 saturated carbocycles. The van der Waals surface area contributed by atoms with E-state index in [2.05, 4.69) is 0 Å². The highest BCUT2D eigenvalue weighted by molar-refractivity contribution is 5.93. The van der Waals surface area contributed by atoms with Crippen LogP contribution >= 0.6 is 0 Å². The third-order valence-electron chi connectivity index (χ3n) is 3.31. The molecular formula is C16H17NO3. The molecule has 0 aliphatic heterocycles. The molecule has 0 atom stereocenters. The minimum atomic E-state index is -0.968. The zero-order valence-corrected chi connectivity index (χ0v) is 12.0. The summed E-state index contributed by atoms with van der Waals surface area (Å²) >= 11 is 0. The number of benzene rings is 1. The van der Waals surface area contributed by atoms with E-state index in [0.717, 1.165) is 22.5 Å². The van der Waals surface area contributed by atoms with Crippen LogP contribution in [0.2, 0.25) is 0 Å². The van der Waals surface area contributed by atoms with Crippen molar-refractivity contribution in [3.05, 3.63) is 62.6 Å². The van der Waals surface area contributed by atoms with Crippen molar-refractivity contribution in [2.24, 2.45) is 0 Å². The average Bonchev–Trinajstić information content (AvgIpc) is 2.29. The van der Waals surface area contributed by atoms with E-state index in [1.165, 1.54) is 12.1 Å². The zero-order valence-electron chi connectivity index (χ0n) is 12.0. The predicted octanol–water partition coefficient (Wildman–Crippen LogP) is 2.77. The van der Waals surface area contributed by atoms with Gasteiger partial charge >= 0.3 is 5.97 Å². The lowest BCUT2D eigenvalue weighted by atomic mass is 10.0. The average molecular weight is 271 g/mol. The topological polar surface area (TPSA) is 59.3 Å². The van der Waals surface area contributed by atoms with E-state index in [1.54, 1.807) is 19.9 Å². The first-order valence-electron chi connectivity index (χ1n) is 6.36. The Morgan fingerprint density at radius 3 is 2.05 bits per heavy atom. The summed E-state index contributed by atoms with van der Waals surface area (Å²) in [6.45, 7) is 7.36. The summed E-state index contributed by atoms with van der Waals surface area (Å²) in [6.07, 6.45) is 0. The molecule has 0 fully saturated rings. The Morgan fingerprint density at radius 1 is 1.00 bits per heavy atom. The van der Waals surface area contributed by atoms with E-state index >= 15 is 0 Å². The Labute approximate surface area is 117 Å². The molecule has 0 amide bonds. The second kappa shape index (κ2) is 4.96. The first kappa shape index (κ1) is 14.1. The first-order chi connectivity index (χ1) is 9.31. The van der Waals surface area contributed by atoms with Crippen LogP contribution in [0.25, 0.3) is 5.69 Å². The maximum atomic E-state index is 11.5. The third kappa shape index (κ3) is 2.37. The number of aromatic carboxylic acids is 1. The lowest BCUT2D eigenvalue weighted by Gasteiger charge is -2.19. The van der Waals surface area contributed by atoms with E-state index in [-0.39, 0.29) is 11.0 Å². The Kier molecular flexibility index (Phi) is 3.49. The van der Waals surface area contributed by atoms with Gasteiger partial charge in [0.05, 0.1) is 11.3 Å². The van der Waals surface area contributed by atoms with E-state index in [1.807, 2.05) is 24.5 Å². The van der Waals surface area contributed by atoms with E-state index in [0.29, 0.717) is 5.69 Å². The van der Waals surface area contributed by atoms with Crippen LogP contribution in [0.3, 0.4) is 0 Å². The van der Waals surface area contributed by atoms with E-state index in [4.69, 9.17) is 0 Å². The minimum Gasteiger partial charge on any atom is -0.478 e. The highest BCUT2D eigenvalue weighted by Crippen LogP contribution is 2.24. The Bertz CT molecular complexity index is 731. The molecule has 0 spiro atoms. The summed E-state index contributed by atoms with van der Waals surface area (Å²) in [6, 6.07) is 6.62. The molecule has 0 unspecified atom stereocenters. The number of carbonyl (C=O) groups is 1. The van der Waals surface area contributed by atoms with Gasteiger partial charge in [0.1, 0.15) is 0 Å². The van der Waals surface area contributed by atoms with Gasteiger partial charge in [0.25, 0.3) is 0 Å². The number of aromatic nitrogens is 1. The predicted molar refractivity (Wildman–Crippen MR) is 77.9 cm³/mol. The number of nitrogens with zero attached hydrogens (tertiary/aromatic N) is 1. The van der Waals surface area contributed by atoms with E-state index in [9.17, 15) is 14.7 Å². The molecule has 1 heterocycles. The summed E-state index contributed by atoms with van der Waals surface area (Å²) in [5.41, 5.74) is 4.03. The second-order valence-electron chi connectivity index (χ2n) is 5.09. The number of carboxylic acids is 1. The summed E-state index contributed by atoms with van der Waals surface area (Å²) in [5.74, 6) is -0.968. The Hall–Kier alpha value is -2.36. The molecular weight excluding hydrogens is 254 g/mol. The van der Waals surface area contributed by atoms with Gasteiger partial charge in [-0.15, -0.1) is 0 Å². The van der Waals surface area contributed by atoms with Crippen LogP contribution in [0.5, 0.6) is 0 Å². The molecule has 4 heteroatoms. The molecule has 1 aromatic carbocycles. The fraction of sp³-hybridized carbons (Fsp3) is 0.250. The van der Waals surface area contributed by atoms with Gasteiger partial charge in [0.15, 0.2) is 5.43 Å². The molecule has 2 rings (SSSR count). The smallest absolute Gasteiger partial charge is 0.337 e. The fourth-order valence-electron chi connectivity index (χ4n) is 2.63. The number of pyridine rings is 1. The zero-order chi connectivity index (χ0) is 15.0. The molecule has 0 bridgehead atoms. The maximum absolute atomic E-state index is 11.5. The molecule has 0 aliphatic rings. The largest absolute Gasteiger partial charge is 0.478 e. The van der Waals surface area contributed by atoms with Crippen molar-refractivity contribution in [2.75, 3.05) is 0 Å². The van der Waals surface area contributed by atoms with Crippen LogP contribution in [-0.2, 0) is 0 Å². The Balaban J connectivity index is 2.89. The van der Waals surface area contributed by atoms with Crippen LogP contribution < -0.4 is 5.43 Å². The molecule has 1 aromatic heterocycles. The number of hydrogen-bond acceptors (Lipinski definition) is 2. The highest BCUT2D eigenvalue weighted by Gasteiger charge is 2.17. The maximum Gasteiger partial charge on any atom is 0.337 e. The number of aryl methyl sites for hydroxylation is 4. The van der Waals surface area contributed by atoms with Gasteiger partial charge < -0.3 is 9.67 Å². The van der Waals surface area contributed by atoms with Gasteiger partial charge in [-0.2, -0.15) is 0 Å². The van der Waals surface area contributed by atoms with Crippen molar-refractivity contribution in [1.82, 2.24) is 4.57 Å². The minimum absolute atomic E-state index is 0.0714. The van der Waals surface area contributed by atoms with Crippen LogP contribution in [0, 0.1) is 27.7 Å². The molecule has 4 nitrogen and oxygen atoms in total. The summed E-state index contributed by atoms with van der Waals surface area (Å²) in [7, 11) is 0. The fourth-order valence-corrected chi connectivity index (χ4v) is 2.63. The normalized spacial score (nSPS) is 10.6. The van der Waals surface area contributed by atoms with Crippen molar-refractivity contribution in [1.29, 1.82) is 0 Å². The molecule has 1 N–H and O–H groups in total. The molecule has 0 saturated heterocycles. The van der Waals surface area contributed by atoms with Crippen molar-refractivity contribution >= 4 is 5.97 Å². The number of hydrogen-bond donors (Lipinski definition) is 1. The molecule has 2 aromatic rings. The van der Waals surface area contributed by atoms with Crippen LogP contribution in [0.15, 0.2) is 29.1 Å². The van der Waals surface area contributed by atoms with Gasteiger partial charge in [-0.25, -0.2) is 4.79 Å². The molecule has 0 radical (unpaired) electrons. The summed E-state index contributed by atoms with van der Waals surface area (Å²) in [4.78, 5) is 23.0. The highest BCUT2D eigenvalue weighted by atomic mass is 16.4. The van der Waals surface area contributed by atoms with Gasteiger partial charge in [-0.05, 0) is 44.9 Å². The van der Waals surface area contributed by atoms with Crippen LogP contribution in [0.4, 0.5) is 0 Å². The van der Waals surface area contributed by atoms with Gasteiger partial charge in [0.2, 0.25) is 0 Å². The summed E-state index contributed by atoms with van der Waals surface area (Å²) < 4.78 is 1.82. The molecule has 20 heavy (non-hydrogen) atoms. The van der Waals surface area contributed by atoms with Crippen molar-refractivity contribution in [3.8, 4) is 5.69 Å². The lowest BCUT2D eigenvalue weighted by Crippen LogP contribution is -2.16. The van der Waals surface area contributed by atoms with Crippen molar-refractivity contribution in [3.63, 3.8) is 0 Å². The SMILES string of the molecule is Cc1cc(C)c(-n2c(C)cc(=O)cc2C)c(C(=O)O)c1. The van der Waals surface area contributed by atoms with Crippen LogP contribution in [0.1, 0.15) is 32.9 Å². The van der Waals surface area contributed by atoms with Crippen molar-refractivity contribution in [2.45, 2.75) is 27.7 Å². The van der Waals surface area contributed by atoms with Gasteiger partial charge in [0, 0.05) is 23.5 Å². The quantitative estimate of drug-likeness (QED) is 0.913. The van der Waals surface area contributed by atoms with Gasteiger partial charge in [-0.1, -0.05) is 6.07 Å². The first-order valence-corrected chi connectivity index (χ1v) is 6.36. The van der Waals surface area contributed by atoms with Crippen LogP contribution in [-0.4, -0.2) is 15.6 Å². The number of rotatable bonds is 2. The van der Waals surface area contributed by atoms with E-state index < -0.39 is 5.97 Å². The van der Waals surface area contributed by atoms with Gasteiger partial charge in [-0.3, -0.25) is 4.79 Å². The standard InChI is InChI=1S/C16H17NO3/c1-9-5-10(2)15(14(6-9)16(19)20)17-11(3)7-13(18)8-12(17)4/h5-8H,1-4H3,(H,19,20). The summed E-state index contributed by atoms with van der Waals surface area (Å²) in [5, 5.41) is 9.44. The monoisotopic (exact) mass is 271 g/mol. The van der Waals surface area contributed by atoms with Crippen molar-refractivity contribution < 1.29 is 9.90 Å². The molecule has 104 valence electrons. The lowest BCUT2D eigenvalue weighted by molar-refractivity contribution is 0.0696. The Morgan fingerprint density at radius 2 is 1.55 bits per heavy atom. The second-order valence-corrected chi connectivity index (χ2v) is 5.09. The molecule has 0 aliphatic carbocycles. The number of carboxylic acid groups (broad SMARTS) is 1. The third-order valence-corrected chi connectivity index (χ3v) is 3.31.